The van der Waals surface area contributed by atoms with E-state index in [1.54, 1.807) is 0 Å². The fourth-order valence-electron chi connectivity index (χ4n) is 1.53. The topological polar surface area (TPSA) is 43.1 Å². The molecule has 0 aliphatic carbocycles. The molecular formula is C13H19NO. The van der Waals surface area contributed by atoms with E-state index in [0.29, 0.717) is 6.42 Å². The summed E-state index contributed by atoms with van der Waals surface area (Å²) in [5, 5.41) is 0. The first-order chi connectivity index (χ1) is 7.27. The van der Waals surface area contributed by atoms with Gasteiger partial charge in [-0.2, -0.15) is 0 Å². The Morgan fingerprint density at radius 1 is 1.20 bits per heavy atom. The third-order valence-corrected chi connectivity index (χ3v) is 2.52. The molecule has 1 aromatic carbocycles. The molecule has 0 bridgehead atoms. The maximum absolute atomic E-state index is 11.4. The summed E-state index contributed by atoms with van der Waals surface area (Å²) in [4.78, 5) is 11.4. The normalized spacial score (nSPS) is 10.3. The third kappa shape index (κ3) is 3.84. The minimum Gasteiger partial charge on any atom is -0.330 e. The van der Waals surface area contributed by atoms with Crippen molar-refractivity contribution in [2.45, 2.75) is 32.6 Å². The van der Waals surface area contributed by atoms with Crippen molar-refractivity contribution >= 4 is 5.78 Å². The monoisotopic (exact) mass is 205 g/mol. The van der Waals surface area contributed by atoms with Crippen molar-refractivity contribution < 1.29 is 4.79 Å². The van der Waals surface area contributed by atoms with E-state index in [0.717, 1.165) is 31.4 Å². The predicted octanol–water partition coefficient (Wildman–Crippen LogP) is 2.56. The second kappa shape index (κ2) is 6.36. The van der Waals surface area contributed by atoms with Gasteiger partial charge >= 0.3 is 0 Å². The lowest BCUT2D eigenvalue weighted by molar-refractivity contribution is 0.0988. The van der Waals surface area contributed by atoms with E-state index in [9.17, 15) is 4.79 Å². The van der Waals surface area contributed by atoms with Crippen LogP contribution in [0.1, 0.15) is 42.1 Å². The smallest absolute Gasteiger partial charge is 0.162 e. The van der Waals surface area contributed by atoms with Crippen LogP contribution in [0.5, 0.6) is 0 Å². The minimum absolute atomic E-state index is 0.212. The molecule has 2 N–H and O–H groups in total. The Morgan fingerprint density at radius 3 is 2.40 bits per heavy atom. The summed E-state index contributed by atoms with van der Waals surface area (Å²) in [5.41, 5.74) is 7.54. The number of nitrogens with two attached hydrogens (primary N) is 1. The summed E-state index contributed by atoms with van der Waals surface area (Å²) < 4.78 is 0. The number of hydrogen-bond acceptors (Lipinski definition) is 2. The quantitative estimate of drug-likeness (QED) is 0.573. The van der Waals surface area contributed by atoms with Gasteiger partial charge in [0, 0.05) is 12.0 Å². The number of carbonyl (C=O) groups excluding carboxylic acids is 1. The van der Waals surface area contributed by atoms with Gasteiger partial charge in [0.2, 0.25) is 0 Å². The minimum atomic E-state index is 0.212. The molecule has 0 saturated carbocycles. The van der Waals surface area contributed by atoms with Crippen LogP contribution in [0.25, 0.3) is 0 Å². The van der Waals surface area contributed by atoms with Crippen LogP contribution < -0.4 is 5.73 Å². The highest BCUT2D eigenvalue weighted by Gasteiger charge is 2.01. The summed E-state index contributed by atoms with van der Waals surface area (Å²) in [6.45, 7) is 2.64. The zero-order valence-electron chi connectivity index (χ0n) is 9.33. The number of Topliss-reactive ketones (excluding diaryl/α,β-unsaturated/α-hetero) is 1. The molecule has 0 aliphatic heterocycles. The summed E-state index contributed by atoms with van der Waals surface area (Å²) in [7, 11) is 0. The number of carbonyl (C=O) groups is 1. The van der Waals surface area contributed by atoms with Crippen molar-refractivity contribution in [1.82, 2.24) is 0 Å². The van der Waals surface area contributed by atoms with Crippen LogP contribution in [-0.4, -0.2) is 12.3 Å². The van der Waals surface area contributed by atoms with Gasteiger partial charge < -0.3 is 5.73 Å². The fraction of sp³-hybridized carbons (Fsp3) is 0.462. The number of unbranched alkanes of at least 4 members (excludes halogenated alkanes) is 1. The van der Waals surface area contributed by atoms with E-state index in [-0.39, 0.29) is 5.78 Å². The predicted molar refractivity (Wildman–Crippen MR) is 63.1 cm³/mol. The van der Waals surface area contributed by atoms with Gasteiger partial charge in [0.25, 0.3) is 0 Å². The van der Waals surface area contributed by atoms with Gasteiger partial charge in [-0.15, -0.1) is 0 Å². The van der Waals surface area contributed by atoms with Gasteiger partial charge in [0.15, 0.2) is 5.78 Å². The molecule has 1 aromatic rings. The van der Waals surface area contributed by atoms with Crippen molar-refractivity contribution in [2.24, 2.45) is 5.73 Å². The number of rotatable bonds is 6. The van der Waals surface area contributed by atoms with Crippen LogP contribution in [0.2, 0.25) is 0 Å². The van der Waals surface area contributed by atoms with E-state index in [4.69, 9.17) is 5.73 Å². The molecule has 0 aromatic heterocycles. The van der Waals surface area contributed by atoms with Crippen molar-refractivity contribution in [1.29, 1.82) is 0 Å². The van der Waals surface area contributed by atoms with E-state index < -0.39 is 0 Å². The van der Waals surface area contributed by atoms with Gasteiger partial charge in [-0.25, -0.2) is 0 Å². The lowest BCUT2D eigenvalue weighted by atomic mass is 10.0. The van der Waals surface area contributed by atoms with E-state index in [1.165, 1.54) is 5.56 Å². The van der Waals surface area contributed by atoms with E-state index in [1.807, 2.05) is 31.2 Å². The molecule has 0 spiro atoms. The highest BCUT2D eigenvalue weighted by Crippen LogP contribution is 2.09. The second-order valence-corrected chi connectivity index (χ2v) is 3.72. The molecule has 0 atom stereocenters. The van der Waals surface area contributed by atoms with Crippen molar-refractivity contribution in [3.63, 3.8) is 0 Å². The third-order valence-electron chi connectivity index (χ3n) is 2.52. The molecule has 0 aliphatic rings. The first kappa shape index (κ1) is 11.9. The summed E-state index contributed by atoms with van der Waals surface area (Å²) in [5.74, 6) is 0.212. The first-order valence-corrected chi connectivity index (χ1v) is 5.60. The van der Waals surface area contributed by atoms with Gasteiger partial charge in [-0.3, -0.25) is 4.79 Å². The van der Waals surface area contributed by atoms with Crippen LogP contribution in [-0.2, 0) is 6.42 Å². The molecule has 0 unspecified atom stereocenters. The Bertz CT molecular complexity index is 303. The van der Waals surface area contributed by atoms with Crippen LogP contribution >= 0.6 is 0 Å². The zero-order valence-corrected chi connectivity index (χ0v) is 9.33. The molecular weight excluding hydrogens is 186 g/mol. The molecule has 2 nitrogen and oxygen atoms in total. The van der Waals surface area contributed by atoms with Gasteiger partial charge in [0.05, 0.1) is 0 Å². The maximum Gasteiger partial charge on any atom is 0.162 e. The number of benzene rings is 1. The van der Waals surface area contributed by atoms with Crippen molar-refractivity contribution in [2.75, 3.05) is 6.54 Å². The summed E-state index contributed by atoms with van der Waals surface area (Å²) >= 11 is 0. The molecule has 82 valence electrons. The van der Waals surface area contributed by atoms with Gasteiger partial charge in [-0.1, -0.05) is 31.2 Å². The van der Waals surface area contributed by atoms with Crippen LogP contribution in [0.3, 0.4) is 0 Å². The zero-order chi connectivity index (χ0) is 11.1. The van der Waals surface area contributed by atoms with E-state index >= 15 is 0 Å². The summed E-state index contributed by atoms with van der Waals surface area (Å²) in [6.07, 6.45) is 3.82. The Labute approximate surface area is 91.5 Å². The number of hydrogen-bond donors (Lipinski definition) is 1. The molecule has 15 heavy (non-hydrogen) atoms. The lowest BCUT2D eigenvalue weighted by Crippen LogP contribution is -1.99. The molecule has 1 rings (SSSR count). The SMILES string of the molecule is CCC(=O)c1ccc(CCCCN)cc1. The van der Waals surface area contributed by atoms with Crippen LogP contribution in [0, 0.1) is 0 Å². The highest BCUT2D eigenvalue weighted by atomic mass is 16.1. The molecule has 0 saturated heterocycles. The molecule has 0 fully saturated rings. The average Bonchev–Trinajstić information content (AvgIpc) is 2.29. The fourth-order valence-corrected chi connectivity index (χ4v) is 1.53. The number of aryl methyl sites for hydroxylation is 1. The molecule has 0 radical (unpaired) electrons. The number of ketones is 1. The van der Waals surface area contributed by atoms with Crippen LogP contribution in [0.4, 0.5) is 0 Å². The van der Waals surface area contributed by atoms with Crippen LogP contribution in [0.15, 0.2) is 24.3 Å². The largest absolute Gasteiger partial charge is 0.330 e. The Kier molecular flexibility index (Phi) is 5.05. The molecule has 0 amide bonds. The van der Waals surface area contributed by atoms with Crippen molar-refractivity contribution in [3.8, 4) is 0 Å². The standard InChI is InChI=1S/C13H19NO/c1-2-13(15)12-8-6-11(7-9-12)5-3-4-10-14/h6-9H,2-5,10,14H2,1H3. The second-order valence-electron chi connectivity index (χ2n) is 3.72. The van der Waals surface area contributed by atoms with E-state index in [2.05, 4.69) is 0 Å². The van der Waals surface area contributed by atoms with Gasteiger partial charge in [-0.05, 0) is 31.4 Å². The Hall–Kier alpha value is -1.15. The molecule has 0 heterocycles. The van der Waals surface area contributed by atoms with Crippen molar-refractivity contribution in [3.05, 3.63) is 35.4 Å². The maximum atomic E-state index is 11.4. The molecule has 2 heteroatoms. The lowest BCUT2D eigenvalue weighted by Gasteiger charge is -2.02. The van der Waals surface area contributed by atoms with Gasteiger partial charge in [0.1, 0.15) is 0 Å². The Morgan fingerprint density at radius 2 is 1.87 bits per heavy atom. The average molecular weight is 205 g/mol. The summed E-state index contributed by atoms with van der Waals surface area (Å²) in [6, 6.07) is 7.92. The first-order valence-electron chi connectivity index (χ1n) is 5.60. The highest BCUT2D eigenvalue weighted by molar-refractivity contribution is 5.95. The Balaban J connectivity index is 2.52.